The number of hydrogen-bond acceptors (Lipinski definition) is 3. The minimum Gasteiger partial charge on any atom is -0.855 e. The highest BCUT2D eigenvalue weighted by atomic mass is 35.5. The van der Waals surface area contributed by atoms with Gasteiger partial charge in [-0.3, -0.25) is 0 Å². The van der Waals surface area contributed by atoms with Crippen LogP contribution >= 0.6 is 11.6 Å². The molecule has 5 heteroatoms. The summed E-state index contributed by atoms with van der Waals surface area (Å²) in [6.45, 7) is 8.68. The number of halogens is 1. The molecule has 96 valence electrons. The molecule has 0 aromatic heterocycles. The second-order valence-electron chi connectivity index (χ2n) is 5.21. The molecule has 1 N–H and O–H groups in total. The SMILES string of the molecule is CCCCC(Cl)B([O-])OC(C)(C)C(C)(C)O. The predicted octanol–water partition coefficient (Wildman–Crippen LogP) is 1.74. The Kier molecular flexibility index (Phi) is 6.34. The minimum atomic E-state index is -1.30. The van der Waals surface area contributed by atoms with Crippen LogP contribution in [0.25, 0.3) is 0 Å². The van der Waals surface area contributed by atoms with Crippen molar-refractivity contribution < 1.29 is 14.8 Å². The van der Waals surface area contributed by atoms with Crippen molar-refractivity contribution in [3.63, 3.8) is 0 Å². The van der Waals surface area contributed by atoms with Gasteiger partial charge in [-0.2, -0.15) is 0 Å². The topological polar surface area (TPSA) is 52.5 Å². The first-order chi connectivity index (χ1) is 7.12. The molecule has 0 fully saturated rings. The van der Waals surface area contributed by atoms with Gasteiger partial charge in [-0.1, -0.05) is 19.8 Å². The van der Waals surface area contributed by atoms with E-state index in [2.05, 4.69) is 0 Å². The van der Waals surface area contributed by atoms with Gasteiger partial charge in [0.2, 0.25) is 7.12 Å². The first kappa shape index (κ1) is 16.2. The van der Waals surface area contributed by atoms with Crippen LogP contribution < -0.4 is 5.02 Å². The fourth-order valence-corrected chi connectivity index (χ4v) is 1.25. The van der Waals surface area contributed by atoms with E-state index in [1.165, 1.54) is 0 Å². The molecule has 0 saturated carbocycles. The monoisotopic (exact) mass is 249 g/mol. The maximum absolute atomic E-state index is 11.7. The second-order valence-corrected chi connectivity index (χ2v) is 5.77. The van der Waals surface area contributed by atoms with Gasteiger partial charge in [0.1, 0.15) is 0 Å². The Hall–Kier alpha value is 0.235. The first-order valence-corrected chi connectivity index (χ1v) is 6.25. The third kappa shape index (κ3) is 5.04. The molecule has 0 saturated heterocycles. The Labute approximate surface area is 104 Å². The molecule has 1 unspecified atom stereocenters. The number of aliphatic hydroxyl groups is 1. The van der Waals surface area contributed by atoms with E-state index in [1.807, 2.05) is 6.92 Å². The maximum atomic E-state index is 11.7. The van der Waals surface area contributed by atoms with E-state index in [9.17, 15) is 10.1 Å². The van der Waals surface area contributed by atoms with Crippen molar-refractivity contribution in [2.75, 3.05) is 0 Å². The smallest absolute Gasteiger partial charge is 0.203 e. The lowest BCUT2D eigenvalue weighted by Crippen LogP contribution is -2.56. The number of alkyl halides is 1. The molecule has 0 amide bonds. The van der Waals surface area contributed by atoms with E-state index in [0.717, 1.165) is 12.8 Å². The zero-order chi connectivity index (χ0) is 13.0. The fraction of sp³-hybridized carbons (Fsp3) is 1.00. The lowest BCUT2D eigenvalue weighted by Gasteiger charge is -2.43. The molecule has 0 spiro atoms. The molecular formula is C11H23BClO3-. The van der Waals surface area contributed by atoms with Gasteiger partial charge in [-0.05, 0) is 34.1 Å². The van der Waals surface area contributed by atoms with Crippen molar-refractivity contribution in [2.45, 2.75) is 70.4 Å². The summed E-state index contributed by atoms with van der Waals surface area (Å²) >= 11 is 5.95. The molecule has 0 bridgehead atoms. The van der Waals surface area contributed by atoms with Crippen molar-refractivity contribution in [3.8, 4) is 0 Å². The summed E-state index contributed by atoms with van der Waals surface area (Å²) in [5.41, 5.74) is -1.98. The van der Waals surface area contributed by atoms with Crippen LogP contribution in [-0.4, -0.2) is 28.7 Å². The standard InChI is InChI=1S/C11H23BClO3/c1-6-7-8-9(13)12(15)16-11(4,5)10(2,3)14/h9,14H,6-8H2,1-5H3/q-1. The Balaban J connectivity index is 4.27. The van der Waals surface area contributed by atoms with E-state index < -0.39 is 23.6 Å². The van der Waals surface area contributed by atoms with Gasteiger partial charge >= 0.3 is 0 Å². The summed E-state index contributed by atoms with van der Waals surface area (Å²) in [5.74, 6) is 0. The van der Waals surface area contributed by atoms with Gasteiger partial charge in [0.15, 0.2) is 0 Å². The fourth-order valence-electron chi connectivity index (χ4n) is 1.04. The zero-order valence-corrected chi connectivity index (χ0v) is 11.7. The summed E-state index contributed by atoms with van der Waals surface area (Å²) in [6.07, 6.45) is 2.57. The van der Waals surface area contributed by atoms with Gasteiger partial charge in [0, 0.05) is 5.28 Å². The van der Waals surface area contributed by atoms with Gasteiger partial charge in [-0.15, -0.1) is 11.6 Å². The molecule has 16 heavy (non-hydrogen) atoms. The molecule has 0 rings (SSSR count). The molecule has 3 nitrogen and oxygen atoms in total. The zero-order valence-electron chi connectivity index (χ0n) is 10.9. The molecule has 0 radical (unpaired) electrons. The normalized spacial score (nSPS) is 15.0. The first-order valence-electron chi connectivity index (χ1n) is 5.82. The van der Waals surface area contributed by atoms with Crippen LogP contribution in [0.2, 0.25) is 0 Å². The highest BCUT2D eigenvalue weighted by Gasteiger charge is 2.37. The molecule has 0 aromatic carbocycles. The Morgan fingerprint density at radius 2 is 1.88 bits per heavy atom. The highest BCUT2D eigenvalue weighted by Crippen LogP contribution is 2.26. The van der Waals surface area contributed by atoms with E-state index in [1.54, 1.807) is 27.7 Å². The van der Waals surface area contributed by atoms with Crippen LogP contribution in [-0.2, 0) is 4.65 Å². The van der Waals surface area contributed by atoms with Crippen molar-refractivity contribution in [2.24, 2.45) is 0 Å². The molecule has 0 aliphatic heterocycles. The maximum Gasteiger partial charge on any atom is 0.203 e. The van der Waals surface area contributed by atoms with Crippen molar-refractivity contribution >= 4 is 18.7 Å². The number of hydrogen-bond donors (Lipinski definition) is 1. The molecule has 1 atom stereocenters. The van der Waals surface area contributed by atoms with E-state index in [4.69, 9.17) is 16.3 Å². The molecular weight excluding hydrogens is 226 g/mol. The average molecular weight is 250 g/mol. The highest BCUT2D eigenvalue weighted by molar-refractivity contribution is 6.57. The Morgan fingerprint density at radius 1 is 1.38 bits per heavy atom. The Morgan fingerprint density at radius 3 is 2.25 bits per heavy atom. The third-order valence-electron chi connectivity index (χ3n) is 3.01. The van der Waals surface area contributed by atoms with E-state index in [0.29, 0.717) is 6.42 Å². The lowest BCUT2D eigenvalue weighted by molar-refractivity contribution is -0.245. The van der Waals surface area contributed by atoms with Crippen LogP contribution in [0.1, 0.15) is 53.9 Å². The quantitative estimate of drug-likeness (QED) is 0.552. The molecule has 0 aliphatic carbocycles. The summed E-state index contributed by atoms with van der Waals surface area (Å²) < 4.78 is 5.32. The van der Waals surface area contributed by atoms with E-state index in [-0.39, 0.29) is 0 Å². The minimum absolute atomic E-state index is 0.540. The third-order valence-corrected chi connectivity index (χ3v) is 3.44. The molecule has 0 heterocycles. The van der Waals surface area contributed by atoms with Crippen molar-refractivity contribution in [1.29, 1.82) is 0 Å². The number of unbranched alkanes of at least 4 members (excludes halogenated alkanes) is 1. The van der Waals surface area contributed by atoms with Gasteiger partial charge in [-0.25, -0.2) is 0 Å². The predicted molar refractivity (Wildman–Crippen MR) is 66.4 cm³/mol. The lowest BCUT2D eigenvalue weighted by atomic mass is 9.78. The summed E-state index contributed by atoms with van der Waals surface area (Å²) in [7, 11) is -1.30. The number of rotatable bonds is 7. The van der Waals surface area contributed by atoms with Crippen molar-refractivity contribution in [1.82, 2.24) is 0 Å². The largest absolute Gasteiger partial charge is 0.855 e. The van der Waals surface area contributed by atoms with Crippen LogP contribution in [0, 0.1) is 0 Å². The summed E-state index contributed by atoms with van der Waals surface area (Å²) in [6, 6.07) is 0. The second kappa shape index (κ2) is 6.24. The van der Waals surface area contributed by atoms with Gasteiger partial charge in [0.05, 0.1) is 11.2 Å². The summed E-state index contributed by atoms with van der Waals surface area (Å²) in [4.78, 5) is 0. The molecule has 0 aliphatic rings. The van der Waals surface area contributed by atoms with Crippen LogP contribution in [0.3, 0.4) is 0 Å². The van der Waals surface area contributed by atoms with Crippen LogP contribution in [0.5, 0.6) is 0 Å². The molecule has 0 aromatic rings. The Bertz CT molecular complexity index is 204. The van der Waals surface area contributed by atoms with E-state index >= 15 is 0 Å². The van der Waals surface area contributed by atoms with Gasteiger partial charge in [0.25, 0.3) is 0 Å². The van der Waals surface area contributed by atoms with Crippen molar-refractivity contribution in [3.05, 3.63) is 0 Å². The average Bonchev–Trinajstić information content (AvgIpc) is 2.11. The van der Waals surface area contributed by atoms with Gasteiger partial charge < -0.3 is 14.8 Å². The van der Waals surface area contributed by atoms with Crippen LogP contribution in [0.15, 0.2) is 0 Å². The summed E-state index contributed by atoms with van der Waals surface area (Å²) in [5, 5.41) is 21.0. The van der Waals surface area contributed by atoms with Crippen LogP contribution in [0.4, 0.5) is 0 Å².